The standard InChI is InChI=1S/C18H17NO4/c1-5-12-7-6-8-13(11-12)19-18(20)14-9-10-15(21-2)17(23-4)16(14)22-3/h1,6-11H,2-4H3,(H,19,20). The van der Waals surface area contributed by atoms with E-state index >= 15 is 0 Å². The zero-order valence-electron chi connectivity index (χ0n) is 13.2. The molecule has 0 aliphatic heterocycles. The highest BCUT2D eigenvalue weighted by Crippen LogP contribution is 2.39. The Bertz CT molecular complexity index is 762. The van der Waals surface area contributed by atoms with Gasteiger partial charge in [0.2, 0.25) is 5.75 Å². The van der Waals surface area contributed by atoms with Crippen LogP contribution in [0.3, 0.4) is 0 Å². The number of amides is 1. The summed E-state index contributed by atoms with van der Waals surface area (Å²) in [5, 5.41) is 2.79. The Morgan fingerprint density at radius 2 is 1.78 bits per heavy atom. The third-order valence-corrected chi connectivity index (χ3v) is 3.24. The quantitative estimate of drug-likeness (QED) is 0.863. The molecule has 0 spiro atoms. The molecule has 5 nitrogen and oxygen atoms in total. The van der Waals surface area contributed by atoms with Crippen LogP contribution in [0.5, 0.6) is 17.2 Å². The number of anilines is 1. The summed E-state index contributed by atoms with van der Waals surface area (Å²) in [4.78, 5) is 12.5. The predicted molar refractivity (Wildman–Crippen MR) is 88.4 cm³/mol. The molecule has 0 radical (unpaired) electrons. The molecule has 0 aliphatic carbocycles. The van der Waals surface area contributed by atoms with E-state index in [-0.39, 0.29) is 5.91 Å². The van der Waals surface area contributed by atoms with Crippen molar-refractivity contribution in [1.29, 1.82) is 0 Å². The maximum absolute atomic E-state index is 12.5. The van der Waals surface area contributed by atoms with Crippen LogP contribution in [0, 0.1) is 12.3 Å². The summed E-state index contributed by atoms with van der Waals surface area (Å²) in [6.45, 7) is 0. The van der Waals surface area contributed by atoms with Gasteiger partial charge >= 0.3 is 0 Å². The van der Waals surface area contributed by atoms with E-state index in [9.17, 15) is 4.79 Å². The van der Waals surface area contributed by atoms with Crippen LogP contribution in [0.4, 0.5) is 5.69 Å². The van der Waals surface area contributed by atoms with E-state index in [0.717, 1.165) is 0 Å². The highest BCUT2D eigenvalue weighted by Gasteiger charge is 2.20. The number of nitrogens with one attached hydrogen (secondary N) is 1. The number of benzene rings is 2. The lowest BCUT2D eigenvalue weighted by Crippen LogP contribution is -2.14. The van der Waals surface area contributed by atoms with Gasteiger partial charge < -0.3 is 19.5 Å². The Morgan fingerprint density at radius 1 is 1.04 bits per heavy atom. The highest BCUT2D eigenvalue weighted by molar-refractivity contribution is 6.07. The Balaban J connectivity index is 2.37. The molecule has 1 amide bonds. The Morgan fingerprint density at radius 3 is 2.39 bits per heavy atom. The van der Waals surface area contributed by atoms with Crippen molar-refractivity contribution in [1.82, 2.24) is 0 Å². The van der Waals surface area contributed by atoms with Gasteiger partial charge in [-0.2, -0.15) is 0 Å². The molecule has 23 heavy (non-hydrogen) atoms. The fourth-order valence-corrected chi connectivity index (χ4v) is 2.17. The van der Waals surface area contributed by atoms with Crippen LogP contribution in [0.25, 0.3) is 0 Å². The largest absolute Gasteiger partial charge is 0.493 e. The van der Waals surface area contributed by atoms with Gasteiger partial charge in [0.05, 0.1) is 26.9 Å². The zero-order valence-corrected chi connectivity index (χ0v) is 13.2. The molecule has 0 aliphatic rings. The lowest BCUT2D eigenvalue weighted by atomic mass is 10.1. The van der Waals surface area contributed by atoms with Crippen molar-refractivity contribution in [2.75, 3.05) is 26.6 Å². The number of carbonyl (C=O) groups is 1. The van der Waals surface area contributed by atoms with E-state index < -0.39 is 0 Å². The van der Waals surface area contributed by atoms with E-state index in [1.807, 2.05) is 0 Å². The first-order valence-electron chi connectivity index (χ1n) is 6.81. The Hall–Kier alpha value is -3.13. The number of hydrogen-bond acceptors (Lipinski definition) is 4. The smallest absolute Gasteiger partial charge is 0.259 e. The third kappa shape index (κ3) is 3.38. The van der Waals surface area contributed by atoms with E-state index in [1.54, 1.807) is 36.4 Å². The summed E-state index contributed by atoms with van der Waals surface area (Å²) in [6, 6.07) is 10.3. The van der Waals surface area contributed by atoms with Crippen LogP contribution >= 0.6 is 0 Å². The number of methoxy groups -OCH3 is 3. The van der Waals surface area contributed by atoms with Crippen molar-refractivity contribution < 1.29 is 19.0 Å². The molecule has 2 aromatic rings. The number of rotatable bonds is 5. The van der Waals surface area contributed by atoms with Crippen molar-refractivity contribution in [3.8, 4) is 29.6 Å². The van der Waals surface area contributed by atoms with Gasteiger partial charge in [0.25, 0.3) is 5.91 Å². The fraction of sp³-hybridized carbons (Fsp3) is 0.167. The van der Waals surface area contributed by atoms with Gasteiger partial charge in [-0.25, -0.2) is 0 Å². The van der Waals surface area contributed by atoms with Crippen LogP contribution in [-0.4, -0.2) is 27.2 Å². The first-order chi connectivity index (χ1) is 11.1. The predicted octanol–water partition coefficient (Wildman–Crippen LogP) is 2.95. The molecule has 0 unspecified atom stereocenters. The van der Waals surface area contributed by atoms with Gasteiger partial charge in [-0.3, -0.25) is 4.79 Å². The second-order valence-electron chi connectivity index (χ2n) is 4.56. The Kier molecular flexibility index (Phi) is 5.11. The molecule has 0 fully saturated rings. The molecular weight excluding hydrogens is 294 g/mol. The summed E-state index contributed by atoms with van der Waals surface area (Å²) in [7, 11) is 4.47. The molecule has 1 N–H and O–H groups in total. The molecule has 5 heteroatoms. The minimum Gasteiger partial charge on any atom is -0.493 e. The summed E-state index contributed by atoms with van der Waals surface area (Å²) in [5.41, 5.74) is 1.61. The van der Waals surface area contributed by atoms with Gasteiger partial charge in [-0.15, -0.1) is 6.42 Å². The first kappa shape index (κ1) is 16.2. The van der Waals surface area contributed by atoms with Crippen LogP contribution in [0.1, 0.15) is 15.9 Å². The number of hydrogen-bond donors (Lipinski definition) is 1. The van der Waals surface area contributed by atoms with Gasteiger partial charge in [-0.1, -0.05) is 12.0 Å². The minimum absolute atomic E-state index is 0.303. The second-order valence-corrected chi connectivity index (χ2v) is 4.56. The van der Waals surface area contributed by atoms with Crippen molar-refractivity contribution >= 4 is 11.6 Å². The summed E-state index contributed by atoms with van der Waals surface area (Å²) >= 11 is 0. The average Bonchev–Trinajstić information content (AvgIpc) is 2.60. The van der Waals surface area contributed by atoms with Crippen LogP contribution < -0.4 is 19.5 Å². The highest BCUT2D eigenvalue weighted by atomic mass is 16.5. The molecule has 118 valence electrons. The molecule has 0 atom stereocenters. The van der Waals surface area contributed by atoms with Crippen molar-refractivity contribution in [2.24, 2.45) is 0 Å². The monoisotopic (exact) mass is 311 g/mol. The van der Waals surface area contributed by atoms with Crippen molar-refractivity contribution in [3.63, 3.8) is 0 Å². The second kappa shape index (κ2) is 7.23. The third-order valence-electron chi connectivity index (χ3n) is 3.24. The first-order valence-corrected chi connectivity index (χ1v) is 6.81. The molecule has 0 saturated carbocycles. The summed E-state index contributed by atoms with van der Waals surface area (Å²) in [5.74, 6) is 3.33. The van der Waals surface area contributed by atoms with Gasteiger partial charge in [0.1, 0.15) is 0 Å². The van der Waals surface area contributed by atoms with Gasteiger partial charge in [0.15, 0.2) is 11.5 Å². The normalized spacial score (nSPS) is 9.65. The lowest BCUT2D eigenvalue weighted by Gasteiger charge is -2.15. The van der Waals surface area contributed by atoms with E-state index in [1.165, 1.54) is 21.3 Å². The average molecular weight is 311 g/mol. The van der Waals surface area contributed by atoms with Crippen LogP contribution in [-0.2, 0) is 0 Å². The molecule has 0 saturated heterocycles. The number of ether oxygens (including phenoxy) is 3. The molecular formula is C18H17NO4. The summed E-state index contributed by atoms with van der Waals surface area (Å²) in [6.07, 6.45) is 5.36. The Labute approximate surface area is 135 Å². The van der Waals surface area contributed by atoms with Crippen molar-refractivity contribution in [3.05, 3.63) is 47.5 Å². The molecule has 2 aromatic carbocycles. The molecule has 0 bridgehead atoms. The molecule has 0 heterocycles. The van der Waals surface area contributed by atoms with Crippen LogP contribution in [0.2, 0.25) is 0 Å². The summed E-state index contributed by atoms with van der Waals surface area (Å²) < 4.78 is 15.8. The van der Waals surface area contributed by atoms with Gasteiger partial charge in [0, 0.05) is 11.3 Å². The number of carbonyl (C=O) groups excluding carboxylic acids is 1. The minimum atomic E-state index is -0.336. The molecule has 0 aromatic heterocycles. The zero-order chi connectivity index (χ0) is 16.8. The maximum Gasteiger partial charge on any atom is 0.259 e. The SMILES string of the molecule is C#Cc1cccc(NC(=O)c2ccc(OC)c(OC)c2OC)c1. The maximum atomic E-state index is 12.5. The lowest BCUT2D eigenvalue weighted by molar-refractivity contribution is 0.102. The van der Waals surface area contributed by atoms with E-state index in [4.69, 9.17) is 20.6 Å². The van der Waals surface area contributed by atoms with E-state index in [0.29, 0.717) is 34.1 Å². The van der Waals surface area contributed by atoms with Gasteiger partial charge in [-0.05, 0) is 30.3 Å². The van der Waals surface area contributed by atoms with Crippen molar-refractivity contribution in [2.45, 2.75) is 0 Å². The molecule has 2 rings (SSSR count). The fourth-order valence-electron chi connectivity index (χ4n) is 2.17. The number of terminal acetylenes is 1. The van der Waals surface area contributed by atoms with Crippen LogP contribution in [0.15, 0.2) is 36.4 Å². The van der Waals surface area contributed by atoms with E-state index in [2.05, 4.69) is 11.2 Å². The topological polar surface area (TPSA) is 56.8 Å².